The lowest BCUT2D eigenvalue weighted by Gasteiger charge is -2.19. The number of nitrogens with two attached hydrogens (primary N) is 1. The second-order valence-corrected chi connectivity index (χ2v) is 4.52. The molecule has 110 valence electrons. The molecule has 1 aromatic carbocycles. The molecule has 0 bridgehead atoms. The fourth-order valence-corrected chi connectivity index (χ4v) is 2.04. The monoisotopic (exact) mass is 287 g/mol. The standard InChI is InChI=1S/C14H17N5O2/c1-18-8-17-12(13(15)16)14(18)19(9-20)7-10-3-5-11(21-2)6-4-10/h3-6,8-9H,7H2,1-2H3,(H3,15,16). The number of ether oxygens (including phenoxy) is 1. The summed E-state index contributed by atoms with van der Waals surface area (Å²) in [6, 6.07) is 7.40. The Bertz CT molecular complexity index is 648. The van der Waals surface area contributed by atoms with E-state index < -0.39 is 0 Å². The Morgan fingerprint density at radius 1 is 1.48 bits per heavy atom. The van der Waals surface area contributed by atoms with Crippen LogP contribution in [0.5, 0.6) is 5.75 Å². The minimum atomic E-state index is -0.174. The van der Waals surface area contributed by atoms with Crippen LogP contribution in [0.25, 0.3) is 0 Å². The van der Waals surface area contributed by atoms with Gasteiger partial charge in [-0.1, -0.05) is 12.1 Å². The lowest BCUT2D eigenvalue weighted by atomic mass is 10.2. The zero-order chi connectivity index (χ0) is 15.4. The van der Waals surface area contributed by atoms with Crippen LogP contribution in [0.2, 0.25) is 0 Å². The van der Waals surface area contributed by atoms with E-state index in [-0.39, 0.29) is 11.5 Å². The molecule has 7 heteroatoms. The van der Waals surface area contributed by atoms with Crippen LogP contribution in [-0.2, 0) is 18.4 Å². The van der Waals surface area contributed by atoms with Crippen LogP contribution in [0.1, 0.15) is 11.3 Å². The van der Waals surface area contributed by atoms with Crippen molar-refractivity contribution in [2.45, 2.75) is 6.54 Å². The van der Waals surface area contributed by atoms with Crippen molar-refractivity contribution in [1.82, 2.24) is 9.55 Å². The fourth-order valence-electron chi connectivity index (χ4n) is 2.04. The average Bonchev–Trinajstić information content (AvgIpc) is 2.87. The summed E-state index contributed by atoms with van der Waals surface area (Å²) in [5.41, 5.74) is 6.72. The van der Waals surface area contributed by atoms with Gasteiger partial charge in [0.2, 0.25) is 6.41 Å². The minimum Gasteiger partial charge on any atom is -0.497 e. The zero-order valence-corrected chi connectivity index (χ0v) is 11.9. The van der Waals surface area contributed by atoms with Gasteiger partial charge in [0.15, 0.2) is 0 Å². The summed E-state index contributed by atoms with van der Waals surface area (Å²) in [4.78, 5) is 16.9. The van der Waals surface area contributed by atoms with Crippen LogP contribution in [0, 0.1) is 5.41 Å². The molecule has 0 fully saturated rings. The highest BCUT2D eigenvalue weighted by Gasteiger charge is 2.18. The van der Waals surface area contributed by atoms with Gasteiger partial charge in [-0.15, -0.1) is 0 Å². The largest absolute Gasteiger partial charge is 0.497 e. The molecule has 21 heavy (non-hydrogen) atoms. The number of anilines is 1. The number of amidine groups is 1. The predicted octanol–water partition coefficient (Wildman–Crippen LogP) is 0.876. The molecule has 0 unspecified atom stereocenters. The van der Waals surface area contributed by atoms with Crippen molar-refractivity contribution < 1.29 is 9.53 Å². The van der Waals surface area contributed by atoms with Crippen LogP contribution in [0.3, 0.4) is 0 Å². The van der Waals surface area contributed by atoms with Crippen LogP contribution in [0.15, 0.2) is 30.6 Å². The average molecular weight is 287 g/mol. The SMILES string of the molecule is COc1ccc(CN(C=O)c2c(C(=N)N)ncn2C)cc1. The summed E-state index contributed by atoms with van der Waals surface area (Å²) in [7, 11) is 3.35. The van der Waals surface area contributed by atoms with Crippen molar-refractivity contribution in [1.29, 1.82) is 5.41 Å². The summed E-state index contributed by atoms with van der Waals surface area (Å²) < 4.78 is 6.76. The molecule has 3 N–H and O–H groups in total. The van der Waals surface area contributed by atoms with Crippen molar-refractivity contribution in [3.05, 3.63) is 41.9 Å². The number of nitrogen functional groups attached to an aromatic ring is 1. The first-order valence-electron chi connectivity index (χ1n) is 6.27. The molecule has 2 aromatic rings. The molecule has 0 radical (unpaired) electrons. The second-order valence-electron chi connectivity index (χ2n) is 4.52. The summed E-state index contributed by atoms with van der Waals surface area (Å²) in [6.07, 6.45) is 2.23. The number of amides is 1. The van der Waals surface area contributed by atoms with Gasteiger partial charge in [0.25, 0.3) is 0 Å². The number of carbonyl (C=O) groups is 1. The third-order valence-corrected chi connectivity index (χ3v) is 3.07. The molecular formula is C14H17N5O2. The molecule has 2 rings (SSSR count). The van der Waals surface area contributed by atoms with Gasteiger partial charge in [0.05, 0.1) is 20.0 Å². The summed E-state index contributed by atoms with van der Waals surface area (Å²) in [5.74, 6) is 1.07. The van der Waals surface area contributed by atoms with Crippen molar-refractivity contribution in [2.24, 2.45) is 12.8 Å². The lowest BCUT2D eigenvalue weighted by molar-refractivity contribution is -0.107. The van der Waals surface area contributed by atoms with Crippen molar-refractivity contribution in [2.75, 3.05) is 12.0 Å². The number of aromatic nitrogens is 2. The maximum atomic E-state index is 11.4. The maximum Gasteiger partial charge on any atom is 0.215 e. The first-order valence-corrected chi connectivity index (χ1v) is 6.27. The van der Waals surface area contributed by atoms with Gasteiger partial charge in [-0.05, 0) is 17.7 Å². The third-order valence-electron chi connectivity index (χ3n) is 3.07. The quantitative estimate of drug-likeness (QED) is 0.468. The van der Waals surface area contributed by atoms with Gasteiger partial charge in [-0.3, -0.25) is 15.1 Å². The zero-order valence-electron chi connectivity index (χ0n) is 11.9. The summed E-state index contributed by atoms with van der Waals surface area (Å²) in [6.45, 7) is 0.354. The van der Waals surface area contributed by atoms with Gasteiger partial charge < -0.3 is 15.0 Å². The molecule has 0 saturated carbocycles. The van der Waals surface area contributed by atoms with E-state index in [4.69, 9.17) is 15.9 Å². The molecule has 0 aliphatic carbocycles. The Labute approximate surface area is 122 Å². The Hall–Kier alpha value is -2.83. The number of nitrogens with zero attached hydrogens (tertiary/aromatic N) is 3. The molecule has 1 heterocycles. The van der Waals surface area contributed by atoms with Gasteiger partial charge in [0.1, 0.15) is 23.1 Å². The Morgan fingerprint density at radius 3 is 2.67 bits per heavy atom. The van der Waals surface area contributed by atoms with Crippen molar-refractivity contribution in [3.8, 4) is 5.75 Å². The van der Waals surface area contributed by atoms with E-state index in [1.165, 1.54) is 11.2 Å². The molecule has 0 saturated heterocycles. The topological polar surface area (TPSA) is 97.2 Å². The minimum absolute atomic E-state index is 0.174. The van der Waals surface area contributed by atoms with Gasteiger partial charge >= 0.3 is 0 Å². The van der Waals surface area contributed by atoms with E-state index in [0.29, 0.717) is 18.8 Å². The van der Waals surface area contributed by atoms with E-state index in [1.54, 1.807) is 18.7 Å². The molecule has 0 aliphatic heterocycles. The van der Waals surface area contributed by atoms with E-state index in [0.717, 1.165) is 11.3 Å². The van der Waals surface area contributed by atoms with Crippen LogP contribution in [-0.4, -0.2) is 28.9 Å². The number of benzene rings is 1. The highest BCUT2D eigenvalue weighted by atomic mass is 16.5. The van der Waals surface area contributed by atoms with Crippen molar-refractivity contribution >= 4 is 18.1 Å². The molecule has 0 spiro atoms. The third kappa shape index (κ3) is 3.02. The van der Waals surface area contributed by atoms with Crippen LogP contribution >= 0.6 is 0 Å². The molecule has 1 amide bonds. The van der Waals surface area contributed by atoms with E-state index in [1.807, 2.05) is 24.3 Å². The van der Waals surface area contributed by atoms with E-state index in [9.17, 15) is 4.79 Å². The van der Waals surface area contributed by atoms with Crippen LogP contribution in [0.4, 0.5) is 5.82 Å². The van der Waals surface area contributed by atoms with Gasteiger partial charge in [-0.25, -0.2) is 4.98 Å². The number of rotatable bonds is 6. The molecule has 0 atom stereocenters. The smallest absolute Gasteiger partial charge is 0.215 e. The summed E-state index contributed by atoms with van der Waals surface area (Å²) in [5, 5.41) is 7.53. The number of hydrogen-bond acceptors (Lipinski definition) is 4. The number of nitrogens with one attached hydrogen (secondary N) is 1. The van der Waals surface area contributed by atoms with Gasteiger partial charge in [0, 0.05) is 7.05 Å². The molecular weight excluding hydrogens is 270 g/mol. The Morgan fingerprint density at radius 2 is 2.14 bits per heavy atom. The van der Waals surface area contributed by atoms with Crippen molar-refractivity contribution in [3.63, 3.8) is 0 Å². The fraction of sp³-hybridized carbons (Fsp3) is 0.214. The van der Waals surface area contributed by atoms with E-state index >= 15 is 0 Å². The number of hydrogen-bond donors (Lipinski definition) is 2. The molecule has 1 aromatic heterocycles. The summed E-state index contributed by atoms with van der Waals surface area (Å²) >= 11 is 0. The number of aryl methyl sites for hydroxylation is 1. The number of methoxy groups -OCH3 is 1. The lowest BCUT2D eigenvalue weighted by Crippen LogP contribution is -2.26. The highest BCUT2D eigenvalue weighted by Crippen LogP contribution is 2.20. The predicted molar refractivity (Wildman–Crippen MR) is 79.5 cm³/mol. The molecule has 0 aliphatic rings. The van der Waals surface area contributed by atoms with E-state index in [2.05, 4.69) is 4.98 Å². The number of imidazole rings is 1. The number of carbonyl (C=O) groups excluding carboxylic acids is 1. The Balaban J connectivity index is 2.29. The Kier molecular flexibility index (Phi) is 4.22. The van der Waals surface area contributed by atoms with Crippen LogP contribution < -0.4 is 15.4 Å². The first kappa shape index (κ1) is 14.6. The van der Waals surface area contributed by atoms with Gasteiger partial charge in [-0.2, -0.15) is 0 Å². The maximum absolute atomic E-state index is 11.4. The second kappa shape index (κ2) is 6.08. The highest BCUT2D eigenvalue weighted by molar-refractivity contribution is 5.99. The molecule has 7 nitrogen and oxygen atoms in total. The normalized spacial score (nSPS) is 10.2. The first-order chi connectivity index (χ1) is 10.1.